The fraction of sp³-hybridized carbons (Fsp3) is 0.612. The van der Waals surface area contributed by atoms with Gasteiger partial charge in [0.1, 0.15) is 24.7 Å². The van der Waals surface area contributed by atoms with Crippen molar-refractivity contribution in [2.24, 2.45) is 29.4 Å². The van der Waals surface area contributed by atoms with Gasteiger partial charge in [0.05, 0.1) is 49.0 Å². The summed E-state index contributed by atoms with van der Waals surface area (Å²) >= 11 is 0. The van der Waals surface area contributed by atoms with Crippen LogP contribution in [0.15, 0.2) is 79.0 Å². The lowest BCUT2D eigenvalue weighted by Gasteiger charge is -2.39. The molecular formula is C67H98N12O12. The van der Waals surface area contributed by atoms with Gasteiger partial charge in [-0.3, -0.25) is 53.3 Å². The number of benzene rings is 2. The zero-order valence-corrected chi connectivity index (χ0v) is 54.4. The average molecular weight is 1260 g/mol. The summed E-state index contributed by atoms with van der Waals surface area (Å²) in [5.74, 6) is -3.40. The molecule has 1 aliphatic carbocycles. The molecule has 8 N–H and O–H groups in total. The first-order valence-electron chi connectivity index (χ1n) is 32.6. The monoisotopic (exact) mass is 1260 g/mol. The van der Waals surface area contributed by atoms with Crippen molar-refractivity contribution in [2.45, 2.75) is 186 Å². The smallest absolute Gasteiger partial charge is 0.411 e. The molecule has 1 saturated carbocycles. The number of nitrogens with zero attached hydrogens (tertiary/aromatic N) is 5. The zero-order valence-electron chi connectivity index (χ0n) is 54.4. The van der Waals surface area contributed by atoms with E-state index in [9.17, 15) is 43.2 Å². The Hall–Kier alpha value is -7.54. The standard InChI is InChI=1S/C67H98N12O12/c1-9-43(4)61(54(89-7)38-58(83)77-35-17-21-53(77)63(90-8)44(5)39-69-52(50-31-33-71-75-50)36-45-18-12-10-13-19-45)76(6)59(84)40-70-66(87)62-47-25-28-49(37-47)79(62)67(88)91-41-46-23-26-48(27-24-46)72-64(85)51(20-16-32-68)73-65(86)60(42(2)3)74-55(80)22-14-11-15-34-78-56(81)29-30-57(78)82/h10,12-13,18-19,23-24,26-27,29-31,33,42-44,47,49,51-54,60-63,69H,9,11,14-17,20-22,25,28,32,34-41,68H2,1-8H3,(H,70,87)(H,71,75)(H,72,85)(H,73,86)(H,74,80). The quantitative estimate of drug-likeness (QED) is 0.0287. The number of carbonyl (C=O) groups excluding carboxylic acids is 9. The number of likely N-dealkylation sites (N-methyl/N-ethyl adjacent to an activating group) is 1. The number of carbonyl (C=O) groups is 9. The van der Waals surface area contributed by atoms with Crippen LogP contribution in [0, 0.1) is 23.7 Å². The van der Waals surface area contributed by atoms with Crippen molar-refractivity contribution in [1.82, 2.24) is 51.1 Å². The van der Waals surface area contributed by atoms with Gasteiger partial charge in [-0.1, -0.05) is 89.9 Å². The second kappa shape index (κ2) is 34.8. The molecule has 4 heterocycles. The van der Waals surface area contributed by atoms with Crippen LogP contribution < -0.4 is 32.3 Å². The first-order valence-corrected chi connectivity index (χ1v) is 32.6. The van der Waals surface area contributed by atoms with Crippen molar-refractivity contribution >= 4 is 59.0 Å². The highest BCUT2D eigenvalue weighted by molar-refractivity contribution is 6.12. The van der Waals surface area contributed by atoms with Crippen LogP contribution in [0.4, 0.5) is 10.5 Å². The van der Waals surface area contributed by atoms with Crippen LogP contribution in [0.25, 0.3) is 0 Å². The first kappa shape index (κ1) is 70.9. The van der Waals surface area contributed by atoms with Crippen LogP contribution in [0.1, 0.15) is 141 Å². The van der Waals surface area contributed by atoms with Crippen LogP contribution in [-0.4, -0.2) is 186 Å². The number of unbranched alkanes of at least 4 members (excludes halogenated alkanes) is 2. The molecule has 0 spiro atoms. The minimum Gasteiger partial charge on any atom is -0.445 e. The molecule has 3 fully saturated rings. The number of fused-ring (bicyclic) bond motifs is 2. The molecule has 1 aromatic heterocycles. The predicted molar refractivity (Wildman–Crippen MR) is 342 cm³/mol. The number of nitrogens with one attached hydrogen (secondary N) is 6. The Morgan fingerprint density at radius 2 is 1.57 bits per heavy atom. The third kappa shape index (κ3) is 19.3. The number of likely N-dealkylation sites (tertiary alicyclic amines) is 2. The maximum Gasteiger partial charge on any atom is 0.411 e. The molecule has 24 heteroatoms. The number of nitrogens with two attached hydrogens (primary N) is 1. The summed E-state index contributed by atoms with van der Waals surface area (Å²) in [6.45, 7) is 11.1. The highest BCUT2D eigenvalue weighted by Gasteiger charge is 2.52. The molecule has 3 aromatic rings. The number of methoxy groups -OCH3 is 2. The number of rotatable bonds is 36. The van der Waals surface area contributed by atoms with Crippen LogP contribution in [0.2, 0.25) is 0 Å². The number of hydrogen-bond acceptors (Lipinski definition) is 15. The largest absolute Gasteiger partial charge is 0.445 e. The highest BCUT2D eigenvalue weighted by atomic mass is 16.6. The van der Waals surface area contributed by atoms with Crippen LogP contribution >= 0.6 is 0 Å². The van der Waals surface area contributed by atoms with Gasteiger partial charge in [0.2, 0.25) is 35.4 Å². The number of H-pyrrole nitrogens is 1. The third-order valence-corrected chi connectivity index (χ3v) is 18.7. The number of imide groups is 1. The second-order valence-electron chi connectivity index (χ2n) is 25.3. The number of aromatic amines is 1. The number of anilines is 1. The first-order chi connectivity index (χ1) is 43.8. The summed E-state index contributed by atoms with van der Waals surface area (Å²) in [4.78, 5) is 127. The van der Waals surface area contributed by atoms with E-state index in [2.05, 4.69) is 55.8 Å². The Kier molecular flexibility index (Phi) is 27.1. The van der Waals surface area contributed by atoms with Crippen LogP contribution in [-0.2, 0) is 65.6 Å². The molecular weight excluding hydrogens is 1160 g/mol. The van der Waals surface area contributed by atoms with Crippen LogP contribution in [0.5, 0.6) is 0 Å². The topological polar surface area (TPSA) is 309 Å². The molecule has 4 aliphatic rings. The van der Waals surface area contributed by atoms with E-state index in [1.807, 2.05) is 43.0 Å². The SMILES string of the molecule is CCC(C)C(C(CC(=O)N1CCCC1C(OC)C(C)CNC(Cc1ccccc1)c1ccn[nH]1)OC)N(C)C(=O)CNC(=O)C1C2CCC(C2)N1C(=O)OCc1ccc(NC(=O)C(CCCN)NC(=O)C(NC(=O)CCCCCN2C(=O)C=CC2=O)C(C)C)cc1. The molecule has 0 radical (unpaired) electrons. The van der Waals surface area contributed by atoms with Gasteiger partial charge in [0.25, 0.3) is 11.8 Å². The normalized spacial score (nSPS) is 20.4. The number of aromatic nitrogens is 2. The molecule has 24 nitrogen and oxygen atoms in total. The van der Waals surface area contributed by atoms with E-state index in [-0.39, 0.29) is 123 Å². The molecule has 12 unspecified atom stereocenters. The molecule has 3 aliphatic heterocycles. The van der Waals surface area contributed by atoms with Gasteiger partial charge < -0.3 is 56.3 Å². The Labute approximate surface area is 535 Å². The van der Waals surface area contributed by atoms with Gasteiger partial charge in [-0.15, -0.1) is 0 Å². The van der Waals surface area contributed by atoms with E-state index in [0.717, 1.165) is 36.3 Å². The van der Waals surface area contributed by atoms with E-state index in [4.69, 9.17) is 19.9 Å². The zero-order chi connectivity index (χ0) is 65.7. The van der Waals surface area contributed by atoms with E-state index >= 15 is 0 Å². The molecule has 2 bridgehead atoms. The Morgan fingerprint density at radius 3 is 2.23 bits per heavy atom. The summed E-state index contributed by atoms with van der Waals surface area (Å²) in [5, 5.41) is 22.4. The van der Waals surface area contributed by atoms with Gasteiger partial charge in [-0.25, -0.2) is 4.79 Å². The van der Waals surface area contributed by atoms with Gasteiger partial charge in [-0.2, -0.15) is 5.10 Å². The fourth-order valence-corrected chi connectivity index (χ4v) is 13.4. The number of ether oxygens (including phenoxy) is 3. The minimum absolute atomic E-state index is 0.00795. The van der Waals surface area contributed by atoms with Gasteiger partial charge in [0.15, 0.2) is 0 Å². The molecule has 2 aromatic carbocycles. The summed E-state index contributed by atoms with van der Waals surface area (Å²) in [6, 6.07) is 15.3. The van der Waals surface area contributed by atoms with Gasteiger partial charge >= 0.3 is 6.09 Å². The van der Waals surface area contributed by atoms with Crippen molar-refractivity contribution in [2.75, 3.05) is 59.3 Å². The van der Waals surface area contributed by atoms with E-state index in [1.165, 1.54) is 22.6 Å². The number of amides is 9. The van der Waals surface area contributed by atoms with Crippen molar-refractivity contribution < 1.29 is 57.4 Å². The number of piperidine rings is 1. The van der Waals surface area contributed by atoms with Gasteiger partial charge in [0, 0.05) is 77.4 Å². The number of hydrogen-bond donors (Lipinski definition) is 7. The molecule has 91 heavy (non-hydrogen) atoms. The lowest BCUT2D eigenvalue weighted by atomic mass is 9.90. The summed E-state index contributed by atoms with van der Waals surface area (Å²) < 4.78 is 18.1. The summed E-state index contributed by atoms with van der Waals surface area (Å²) in [7, 11) is 4.94. The summed E-state index contributed by atoms with van der Waals surface area (Å²) in [6.07, 6.45) is 10.3. The van der Waals surface area contributed by atoms with E-state index < -0.39 is 54.1 Å². The Balaban J connectivity index is 0.878. The predicted octanol–water partition coefficient (Wildman–Crippen LogP) is 5.30. The molecule has 2 saturated heterocycles. The van der Waals surface area contributed by atoms with Crippen molar-refractivity contribution in [3.8, 4) is 0 Å². The van der Waals surface area contributed by atoms with Crippen molar-refractivity contribution in [3.05, 3.63) is 95.8 Å². The van der Waals surface area contributed by atoms with Crippen LogP contribution in [0.3, 0.4) is 0 Å². The highest BCUT2D eigenvalue weighted by Crippen LogP contribution is 2.43. The lowest BCUT2D eigenvalue weighted by molar-refractivity contribution is -0.144. The van der Waals surface area contributed by atoms with Crippen molar-refractivity contribution in [1.29, 1.82) is 0 Å². The second-order valence-corrected chi connectivity index (χ2v) is 25.3. The molecule has 498 valence electrons. The van der Waals surface area contributed by atoms with E-state index in [0.29, 0.717) is 69.3 Å². The molecule has 7 rings (SSSR count). The Morgan fingerprint density at radius 1 is 0.835 bits per heavy atom. The molecule has 9 amide bonds. The molecule has 12 atom stereocenters. The lowest BCUT2D eigenvalue weighted by Crippen LogP contribution is -2.56. The minimum atomic E-state index is -0.973. The van der Waals surface area contributed by atoms with Crippen molar-refractivity contribution in [3.63, 3.8) is 0 Å². The van der Waals surface area contributed by atoms with E-state index in [1.54, 1.807) is 70.5 Å². The maximum atomic E-state index is 14.5. The summed E-state index contributed by atoms with van der Waals surface area (Å²) in [5.41, 5.74) is 9.02. The third-order valence-electron chi connectivity index (χ3n) is 18.7. The fourth-order valence-electron chi connectivity index (χ4n) is 13.4. The average Bonchev–Trinajstić information content (AvgIpc) is 1.70. The Bertz CT molecular complexity index is 2910. The van der Waals surface area contributed by atoms with Gasteiger partial charge in [-0.05, 0) is 124 Å². The maximum absolute atomic E-state index is 14.5.